The van der Waals surface area contributed by atoms with Crippen LogP contribution in [0.25, 0.3) is 10.9 Å². The lowest BCUT2D eigenvalue weighted by Crippen LogP contribution is -2.32. The predicted molar refractivity (Wildman–Crippen MR) is 143 cm³/mol. The minimum absolute atomic E-state index is 0.0115. The molecule has 0 bridgehead atoms. The third-order valence-corrected chi connectivity index (χ3v) is 6.38. The van der Waals surface area contributed by atoms with Crippen LogP contribution in [0.4, 0.5) is 0 Å². The molecule has 0 aliphatic carbocycles. The largest absolute Gasteiger partial charge is 0.508 e. The molecule has 4 rings (SSSR count). The number of hydrogen-bond acceptors (Lipinski definition) is 6. The number of aromatic amines is 1. The lowest BCUT2D eigenvalue weighted by Gasteiger charge is -2.18. The molecule has 0 saturated heterocycles. The Hall–Kier alpha value is -3.85. The van der Waals surface area contributed by atoms with Gasteiger partial charge < -0.3 is 35.7 Å². The molecule has 1 heterocycles. The number of carbonyl (C=O) groups is 1. The molecule has 0 radical (unpaired) electrons. The number of nitrogens with one attached hydrogen (secondary N) is 3. The van der Waals surface area contributed by atoms with Crippen LogP contribution in [0.5, 0.6) is 11.5 Å². The average Bonchev–Trinajstić information content (AvgIpc) is 3.34. The summed E-state index contributed by atoms with van der Waals surface area (Å²) in [5.41, 5.74) is 4.47. The number of amides is 1. The van der Waals surface area contributed by atoms with Gasteiger partial charge >= 0.3 is 0 Å². The van der Waals surface area contributed by atoms with Gasteiger partial charge in [0.1, 0.15) is 17.2 Å². The van der Waals surface area contributed by atoms with Crippen LogP contribution in [-0.4, -0.2) is 45.9 Å². The molecule has 6 N–H and O–H groups in total. The van der Waals surface area contributed by atoms with E-state index >= 15 is 0 Å². The lowest BCUT2D eigenvalue weighted by molar-refractivity contribution is 0.0946. The van der Waals surface area contributed by atoms with E-state index in [1.165, 1.54) is 6.07 Å². The summed E-state index contributed by atoms with van der Waals surface area (Å²) in [6, 6.07) is 20.3. The molecule has 0 spiro atoms. The predicted octanol–water partition coefficient (Wildman–Crippen LogP) is 3.56. The summed E-state index contributed by atoms with van der Waals surface area (Å²) >= 11 is 0. The van der Waals surface area contributed by atoms with Gasteiger partial charge in [0.2, 0.25) is 0 Å². The van der Waals surface area contributed by atoms with Crippen molar-refractivity contribution in [2.45, 2.75) is 38.6 Å². The summed E-state index contributed by atoms with van der Waals surface area (Å²) in [4.78, 5) is 15.9. The average molecular weight is 504 g/mol. The highest BCUT2D eigenvalue weighted by Crippen LogP contribution is 2.23. The van der Waals surface area contributed by atoms with Gasteiger partial charge in [-0.25, -0.2) is 0 Å². The minimum Gasteiger partial charge on any atom is -0.508 e. The Labute approximate surface area is 215 Å². The van der Waals surface area contributed by atoms with Crippen molar-refractivity contribution in [3.63, 3.8) is 0 Å². The Kier molecular flexibility index (Phi) is 8.45. The van der Waals surface area contributed by atoms with Gasteiger partial charge in [-0.2, -0.15) is 0 Å². The van der Waals surface area contributed by atoms with Gasteiger partial charge in [-0.05, 0) is 72.5 Å². The van der Waals surface area contributed by atoms with Crippen molar-refractivity contribution in [1.29, 1.82) is 0 Å². The summed E-state index contributed by atoms with van der Waals surface area (Å²) in [5, 5.41) is 36.8. The molecule has 1 aromatic heterocycles. The van der Waals surface area contributed by atoms with E-state index in [1.54, 1.807) is 19.2 Å². The van der Waals surface area contributed by atoms with Crippen molar-refractivity contribution in [2.75, 3.05) is 13.7 Å². The monoisotopic (exact) mass is 503 g/mol. The van der Waals surface area contributed by atoms with E-state index in [0.717, 1.165) is 34.2 Å². The Morgan fingerprint density at radius 3 is 2.68 bits per heavy atom. The number of methoxy groups -OCH3 is 1. The second kappa shape index (κ2) is 11.9. The minimum atomic E-state index is -0.765. The molecule has 8 heteroatoms. The Bertz CT molecular complexity index is 1370. The molecular weight excluding hydrogens is 470 g/mol. The summed E-state index contributed by atoms with van der Waals surface area (Å²) < 4.78 is 5.23. The zero-order chi connectivity index (χ0) is 26.4. The first-order valence-corrected chi connectivity index (χ1v) is 12.2. The Morgan fingerprint density at radius 2 is 1.89 bits per heavy atom. The van der Waals surface area contributed by atoms with Gasteiger partial charge in [-0.3, -0.25) is 4.79 Å². The molecule has 194 valence electrons. The number of aromatic nitrogens is 1. The third kappa shape index (κ3) is 6.68. The van der Waals surface area contributed by atoms with Gasteiger partial charge in [-0.1, -0.05) is 24.3 Å². The molecule has 0 fully saturated rings. The Balaban J connectivity index is 1.32. The summed E-state index contributed by atoms with van der Waals surface area (Å²) in [5.74, 6) is 0.583. The first kappa shape index (κ1) is 26.2. The number of ether oxygens (including phenoxy) is 1. The zero-order valence-electron chi connectivity index (χ0n) is 21.0. The highest BCUT2D eigenvalue weighted by atomic mass is 16.5. The molecule has 3 aromatic carbocycles. The van der Waals surface area contributed by atoms with Crippen LogP contribution in [-0.2, 0) is 19.6 Å². The molecule has 8 nitrogen and oxygen atoms in total. The van der Waals surface area contributed by atoms with E-state index in [4.69, 9.17) is 4.74 Å². The summed E-state index contributed by atoms with van der Waals surface area (Å²) in [6.07, 6.45) is -0.0265. The highest BCUT2D eigenvalue weighted by Gasteiger charge is 2.14. The number of aromatic hydroxyl groups is 1. The molecule has 37 heavy (non-hydrogen) atoms. The quantitative estimate of drug-likeness (QED) is 0.186. The SMILES string of the molecule is COc1cccc(CNC(=O)c2cc3cc(C[C@@H](C)NC[C@@H](O)c4ccc(O)c(CO)c4)ccc3[nH]2)c1. The van der Waals surface area contributed by atoms with Crippen molar-refractivity contribution in [3.8, 4) is 11.5 Å². The van der Waals surface area contributed by atoms with Crippen LogP contribution in [0, 0.1) is 0 Å². The standard InChI is InChI=1S/C29H33N3O5/c1-18(30-16-28(35)21-7-9-27(34)23(13-21)17-33)10-19-6-8-25-22(11-19)14-26(32-25)29(36)31-15-20-4-3-5-24(12-20)37-2/h3-9,11-14,18,28,30,32-35H,10,15-17H2,1-2H3,(H,31,36)/t18-,28-/m1/s1. The topological polar surface area (TPSA) is 127 Å². The van der Waals surface area contributed by atoms with Gasteiger partial charge in [0.05, 0.1) is 19.8 Å². The number of hydrogen-bond donors (Lipinski definition) is 6. The first-order chi connectivity index (χ1) is 17.9. The number of rotatable bonds is 11. The van der Waals surface area contributed by atoms with E-state index in [1.807, 2.05) is 49.4 Å². The van der Waals surface area contributed by atoms with Crippen LogP contribution in [0.2, 0.25) is 0 Å². The van der Waals surface area contributed by atoms with Crippen LogP contribution < -0.4 is 15.4 Å². The third-order valence-electron chi connectivity index (χ3n) is 6.38. The number of phenols is 1. The van der Waals surface area contributed by atoms with Gasteiger partial charge in [0.25, 0.3) is 5.91 Å². The van der Waals surface area contributed by atoms with Gasteiger partial charge in [-0.15, -0.1) is 0 Å². The number of H-pyrrole nitrogens is 1. The van der Waals surface area contributed by atoms with Crippen LogP contribution in [0.15, 0.2) is 66.7 Å². The number of fused-ring (bicyclic) bond motifs is 1. The maximum atomic E-state index is 12.7. The molecule has 0 aliphatic rings. The number of aliphatic hydroxyl groups is 2. The fraction of sp³-hybridized carbons (Fsp3) is 0.276. The number of benzene rings is 3. The number of aliphatic hydroxyl groups excluding tert-OH is 2. The fourth-order valence-corrected chi connectivity index (χ4v) is 4.29. The van der Waals surface area contributed by atoms with Crippen molar-refractivity contribution in [1.82, 2.24) is 15.6 Å². The fourth-order valence-electron chi connectivity index (χ4n) is 4.29. The first-order valence-electron chi connectivity index (χ1n) is 12.2. The van der Waals surface area contributed by atoms with Crippen molar-refractivity contribution < 1.29 is 24.9 Å². The van der Waals surface area contributed by atoms with Crippen LogP contribution >= 0.6 is 0 Å². The maximum absolute atomic E-state index is 12.7. The molecule has 0 saturated carbocycles. The summed E-state index contributed by atoms with van der Waals surface area (Å²) in [6.45, 7) is 2.49. The van der Waals surface area contributed by atoms with Crippen LogP contribution in [0.3, 0.4) is 0 Å². The van der Waals surface area contributed by atoms with E-state index in [9.17, 15) is 20.1 Å². The van der Waals surface area contributed by atoms with Crippen molar-refractivity contribution in [3.05, 3.63) is 94.7 Å². The molecule has 4 aromatic rings. The molecule has 0 aliphatic heterocycles. The van der Waals surface area contributed by atoms with E-state index in [0.29, 0.717) is 29.9 Å². The van der Waals surface area contributed by atoms with E-state index < -0.39 is 6.10 Å². The Morgan fingerprint density at radius 1 is 1.05 bits per heavy atom. The van der Waals surface area contributed by atoms with Crippen molar-refractivity contribution >= 4 is 16.8 Å². The number of carbonyl (C=O) groups excluding carboxylic acids is 1. The van der Waals surface area contributed by atoms with Crippen molar-refractivity contribution in [2.24, 2.45) is 0 Å². The molecular formula is C29H33N3O5. The second-order valence-electron chi connectivity index (χ2n) is 9.21. The highest BCUT2D eigenvalue weighted by molar-refractivity contribution is 5.98. The maximum Gasteiger partial charge on any atom is 0.267 e. The molecule has 2 atom stereocenters. The van der Waals surface area contributed by atoms with Gasteiger partial charge in [0.15, 0.2) is 0 Å². The van der Waals surface area contributed by atoms with E-state index in [-0.39, 0.29) is 24.3 Å². The normalized spacial score (nSPS) is 12.9. The van der Waals surface area contributed by atoms with Gasteiger partial charge in [0, 0.05) is 35.6 Å². The second-order valence-corrected chi connectivity index (χ2v) is 9.21. The summed E-state index contributed by atoms with van der Waals surface area (Å²) in [7, 11) is 1.61. The molecule has 1 amide bonds. The molecule has 0 unspecified atom stereocenters. The smallest absolute Gasteiger partial charge is 0.267 e. The zero-order valence-corrected chi connectivity index (χ0v) is 21.0. The van der Waals surface area contributed by atoms with E-state index in [2.05, 4.69) is 21.7 Å². The lowest BCUT2D eigenvalue weighted by atomic mass is 10.0. The van der Waals surface area contributed by atoms with Crippen LogP contribution in [0.1, 0.15) is 45.8 Å².